The summed E-state index contributed by atoms with van der Waals surface area (Å²) in [4.78, 5) is 24.7. The minimum Gasteiger partial charge on any atom is -0.481 e. The van der Waals surface area contributed by atoms with Gasteiger partial charge in [0.25, 0.3) is 0 Å². The number of rotatable bonds is 5. The van der Waals surface area contributed by atoms with Gasteiger partial charge in [-0.2, -0.15) is 0 Å². The lowest BCUT2D eigenvalue weighted by molar-refractivity contribution is -0.140. The molecule has 0 aromatic carbocycles. The normalized spacial score (nSPS) is 28.4. The molecule has 18 heavy (non-hydrogen) atoms. The zero-order chi connectivity index (χ0) is 13.0. The van der Waals surface area contributed by atoms with E-state index in [1.165, 1.54) is 25.7 Å². The van der Waals surface area contributed by atoms with Crippen LogP contribution in [0.4, 0.5) is 0 Å². The summed E-state index contributed by atoms with van der Waals surface area (Å²) in [5.74, 6) is -1.66. The lowest BCUT2D eigenvalue weighted by Crippen LogP contribution is -2.36. The molecule has 1 amide bonds. The van der Waals surface area contributed by atoms with E-state index in [1.807, 2.05) is 0 Å². The Hall–Kier alpha value is -1.10. The van der Waals surface area contributed by atoms with Gasteiger partial charge in [0.1, 0.15) is 0 Å². The zero-order valence-electron chi connectivity index (χ0n) is 10.7. The molecule has 1 aliphatic heterocycles. The van der Waals surface area contributed by atoms with Crippen LogP contribution in [0.25, 0.3) is 0 Å². The van der Waals surface area contributed by atoms with Gasteiger partial charge in [0.15, 0.2) is 0 Å². The predicted octanol–water partition coefficient (Wildman–Crippen LogP) is 0.699. The molecule has 0 spiro atoms. The average Bonchev–Trinajstić information content (AvgIpc) is 3.14. The number of amides is 1. The van der Waals surface area contributed by atoms with Crippen LogP contribution >= 0.6 is 0 Å². The SMILES string of the molecule is O=C(O)[C@H]1C[C@H]1C(=O)NCCN1CCCCCC1. The van der Waals surface area contributed by atoms with Crippen LogP contribution < -0.4 is 5.32 Å². The maximum atomic E-state index is 11.6. The van der Waals surface area contributed by atoms with Crippen molar-refractivity contribution in [2.75, 3.05) is 26.2 Å². The largest absolute Gasteiger partial charge is 0.481 e. The number of likely N-dealkylation sites (tertiary alicyclic amines) is 1. The van der Waals surface area contributed by atoms with Crippen LogP contribution in [0, 0.1) is 11.8 Å². The fourth-order valence-corrected chi connectivity index (χ4v) is 2.59. The third kappa shape index (κ3) is 3.70. The highest BCUT2D eigenvalue weighted by Crippen LogP contribution is 2.38. The molecule has 5 heteroatoms. The summed E-state index contributed by atoms with van der Waals surface area (Å²) in [5, 5.41) is 11.6. The van der Waals surface area contributed by atoms with Gasteiger partial charge in [-0.15, -0.1) is 0 Å². The van der Waals surface area contributed by atoms with E-state index in [0.717, 1.165) is 19.6 Å². The summed E-state index contributed by atoms with van der Waals surface area (Å²) < 4.78 is 0. The van der Waals surface area contributed by atoms with Gasteiger partial charge in [0.05, 0.1) is 11.8 Å². The molecule has 2 atom stereocenters. The van der Waals surface area contributed by atoms with Gasteiger partial charge in [0.2, 0.25) is 5.91 Å². The number of carbonyl (C=O) groups excluding carboxylic acids is 1. The standard InChI is InChI=1S/C13H22N2O3/c16-12(10-9-11(10)13(17)18)14-5-8-15-6-3-1-2-4-7-15/h10-11H,1-9H2,(H,14,16)(H,17,18)/t10-,11+/m1/s1. The Balaban J connectivity index is 1.60. The van der Waals surface area contributed by atoms with Crippen LogP contribution in [-0.2, 0) is 9.59 Å². The van der Waals surface area contributed by atoms with Gasteiger partial charge in [-0.25, -0.2) is 0 Å². The molecule has 5 nitrogen and oxygen atoms in total. The molecular weight excluding hydrogens is 232 g/mol. The van der Waals surface area contributed by atoms with Gasteiger partial charge in [-0.3, -0.25) is 9.59 Å². The number of carboxylic acid groups (broad SMARTS) is 1. The maximum absolute atomic E-state index is 11.6. The first-order valence-corrected chi connectivity index (χ1v) is 6.91. The van der Waals surface area contributed by atoms with Crippen LogP contribution in [0.3, 0.4) is 0 Å². The molecule has 2 rings (SSSR count). The minimum absolute atomic E-state index is 0.0859. The van der Waals surface area contributed by atoms with Crippen molar-refractivity contribution in [1.29, 1.82) is 0 Å². The second-order valence-electron chi connectivity index (χ2n) is 5.33. The Kier molecular flexibility index (Phi) is 4.58. The quantitative estimate of drug-likeness (QED) is 0.757. The van der Waals surface area contributed by atoms with Gasteiger partial charge in [-0.05, 0) is 32.4 Å². The van der Waals surface area contributed by atoms with E-state index in [1.54, 1.807) is 0 Å². The minimum atomic E-state index is -0.845. The lowest BCUT2D eigenvalue weighted by Gasteiger charge is -2.19. The highest BCUT2D eigenvalue weighted by Gasteiger charge is 2.48. The Labute approximate surface area is 108 Å². The highest BCUT2D eigenvalue weighted by atomic mass is 16.4. The second-order valence-corrected chi connectivity index (χ2v) is 5.33. The van der Waals surface area contributed by atoms with Crippen molar-refractivity contribution < 1.29 is 14.7 Å². The molecule has 2 aliphatic rings. The summed E-state index contributed by atoms with van der Waals surface area (Å²) in [6.07, 6.45) is 5.62. The Bertz CT molecular complexity index is 311. The third-order valence-corrected chi connectivity index (χ3v) is 3.87. The second kappa shape index (κ2) is 6.18. The number of nitrogens with zero attached hydrogens (tertiary/aromatic N) is 1. The molecule has 0 aromatic rings. The number of hydrogen-bond donors (Lipinski definition) is 2. The number of carbonyl (C=O) groups is 2. The van der Waals surface area contributed by atoms with E-state index in [2.05, 4.69) is 10.2 Å². The number of hydrogen-bond acceptors (Lipinski definition) is 3. The molecule has 2 fully saturated rings. The average molecular weight is 254 g/mol. The molecule has 1 saturated carbocycles. The van der Waals surface area contributed by atoms with Crippen molar-refractivity contribution in [3.8, 4) is 0 Å². The van der Waals surface area contributed by atoms with Gasteiger partial charge < -0.3 is 15.3 Å². The number of aliphatic carboxylic acids is 1. The molecule has 0 unspecified atom stereocenters. The Morgan fingerprint density at radius 2 is 1.78 bits per heavy atom. The van der Waals surface area contributed by atoms with E-state index in [9.17, 15) is 9.59 Å². The van der Waals surface area contributed by atoms with Crippen LogP contribution in [0.15, 0.2) is 0 Å². The van der Waals surface area contributed by atoms with Crippen LogP contribution in [0.5, 0.6) is 0 Å². The third-order valence-electron chi connectivity index (χ3n) is 3.87. The summed E-state index contributed by atoms with van der Waals surface area (Å²) in [6, 6.07) is 0. The monoisotopic (exact) mass is 254 g/mol. The smallest absolute Gasteiger partial charge is 0.307 e. The Morgan fingerprint density at radius 3 is 2.33 bits per heavy atom. The first-order valence-electron chi connectivity index (χ1n) is 6.91. The van der Waals surface area contributed by atoms with E-state index in [4.69, 9.17) is 5.11 Å². The van der Waals surface area contributed by atoms with Crippen molar-refractivity contribution >= 4 is 11.9 Å². The van der Waals surface area contributed by atoms with Crippen molar-refractivity contribution in [2.24, 2.45) is 11.8 Å². The molecule has 0 bridgehead atoms. The maximum Gasteiger partial charge on any atom is 0.307 e. The van der Waals surface area contributed by atoms with E-state index in [0.29, 0.717) is 13.0 Å². The highest BCUT2D eigenvalue weighted by molar-refractivity contribution is 5.89. The summed E-state index contributed by atoms with van der Waals surface area (Å²) in [6.45, 7) is 3.77. The van der Waals surface area contributed by atoms with E-state index >= 15 is 0 Å². The first-order chi connectivity index (χ1) is 8.68. The number of carboxylic acids is 1. The first kappa shape index (κ1) is 13.3. The fraction of sp³-hybridized carbons (Fsp3) is 0.846. The Morgan fingerprint density at radius 1 is 1.11 bits per heavy atom. The summed E-state index contributed by atoms with van der Waals surface area (Å²) >= 11 is 0. The zero-order valence-corrected chi connectivity index (χ0v) is 10.7. The topological polar surface area (TPSA) is 69.6 Å². The molecule has 0 radical (unpaired) electrons. The van der Waals surface area contributed by atoms with Gasteiger partial charge in [-0.1, -0.05) is 12.8 Å². The van der Waals surface area contributed by atoms with Crippen LogP contribution in [0.2, 0.25) is 0 Å². The fourth-order valence-electron chi connectivity index (χ4n) is 2.59. The van der Waals surface area contributed by atoms with Crippen molar-refractivity contribution in [1.82, 2.24) is 10.2 Å². The van der Waals surface area contributed by atoms with Crippen LogP contribution in [-0.4, -0.2) is 48.1 Å². The molecular formula is C13H22N2O3. The van der Waals surface area contributed by atoms with E-state index in [-0.39, 0.29) is 11.8 Å². The van der Waals surface area contributed by atoms with E-state index < -0.39 is 11.9 Å². The van der Waals surface area contributed by atoms with Crippen molar-refractivity contribution in [3.05, 3.63) is 0 Å². The summed E-state index contributed by atoms with van der Waals surface area (Å²) in [5.41, 5.74) is 0. The molecule has 0 aromatic heterocycles. The molecule has 102 valence electrons. The van der Waals surface area contributed by atoms with Crippen molar-refractivity contribution in [3.63, 3.8) is 0 Å². The van der Waals surface area contributed by atoms with Crippen LogP contribution in [0.1, 0.15) is 32.1 Å². The number of nitrogens with one attached hydrogen (secondary N) is 1. The van der Waals surface area contributed by atoms with Gasteiger partial charge >= 0.3 is 5.97 Å². The molecule has 2 N–H and O–H groups in total. The molecule has 1 saturated heterocycles. The molecule has 1 aliphatic carbocycles. The molecule has 1 heterocycles. The summed E-state index contributed by atoms with van der Waals surface area (Å²) in [7, 11) is 0. The predicted molar refractivity (Wildman–Crippen MR) is 67.2 cm³/mol. The van der Waals surface area contributed by atoms with Crippen molar-refractivity contribution in [2.45, 2.75) is 32.1 Å². The lowest BCUT2D eigenvalue weighted by atomic mass is 10.2. The van der Waals surface area contributed by atoms with Gasteiger partial charge in [0, 0.05) is 13.1 Å².